The van der Waals surface area contributed by atoms with Crippen LogP contribution in [-0.2, 0) is 16.1 Å². The molecule has 6 heteroatoms. The second kappa shape index (κ2) is 9.30. The zero-order valence-electron chi connectivity index (χ0n) is 17.9. The fourth-order valence-corrected chi connectivity index (χ4v) is 4.53. The molecule has 0 radical (unpaired) electrons. The van der Waals surface area contributed by atoms with Gasteiger partial charge in [-0.05, 0) is 63.7 Å². The molecule has 3 rings (SSSR count). The van der Waals surface area contributed by atoms with Crippen LogP contribution in [0, 0.1) is 31.1 Å². The number of aryl methyl sites for hydroxylation is 1. The van der Waals surface area contributed by atoms with E-state index in [2.05, 4.69) is 24.5 Å². The van der Waals surface area contributed by atoms with E-state index in [1.54, 1.807) is 11.0 Å². The molecular weight excluding hydrogens is 364 g/mol. The van der Waals surface area contributed by atoms with Gasteiger partial charge in [-0.1, -0.05) is 6.92 Å². The maximum absolute atomic E-state index is 12.9. The summed E-state index contributed by atoms with van der Waals surface area (Å²) in [6.45, 7) is 9.97. The van der Waals surface area contributed by atoms with Crippen molar-refractivity contribution in [1.29, 1.82) is 5.26 Å². The Morgan fingerprint density at radius 1 is 1.14 bits per heavy atom. The summed E-state index contributed by atoms with van der Waals surface area (Å²) >= 11 is 0. The van der Waals surface area contributed by atoms with Crippen LogP contribution in [0.2, 0.25) is 0 Å². The number of nitrogens with zero attached hydrogens (tertiary/aromatic N) is 4. The summed E-state index contributed by atoms with van der Waals surface area (Å²) in [6, 6.07) is 4.14. The van der Waals surface area contributed by atoms with Crippen molar-refractivity contribution >= 4 is 17.9 Å². The highest BCUT2D eigenvalue weighted by Gasteiger charge is 2.32. The zero-order chi connectivity index (χ0) is 21.0. The van der Waals surface area contributed by atoms with Crippen LogP contribution in [0.5, 0.6) is 0 Å². The van der Waals surface area contributed by atoms with E-state index < -0.39 is 0 Å². The van der Waals surface area contributed by atoms with E-state index in [1.807, 2.05) is 17.9 Å². The largest absolute Gasteiger partial charge is 0.349 e. The predicted molar refractivity (Wildman–Crippen MR) is 113 cm³/mol. The first-order chi connectivity index (χ1) is 14.0. The van der Waals surface area contributed by atoms with Crippen molar-refractivity contribution in [2.45, 2.75) is 59.4 Å². The Morgan fingerprint density at radius 3 is 2.38 bits per heavy atom. The number of hydrogen-bond donors (Lipinski definition) is 0. The third kappa shape index (κ3) is 4.55. The summed E-state index contributed by atoms with van der Waals surface area (Å²) < 4.78 is 2.22. The van der Waals surface area contributed by atoms with E-state index in [1.165, 1.54) is 0 Å². The number of nitriles is 1. The van der Waals surface area contributed by atoms with Gasteiger partial charge >= 0.3 is 0 Å². The van der Waals surface area contributed by atoms with Crippen molar-refractivity contribution in [3.8, 4) is 6.07 Å². The highest BCUT2D eigenvalue weighted by molar-refractivity contribution is 6.02. The average molecular weight is 397 g/mol. The van der Waals surface area contributed by atoms with E-state index in [4.69, 9.17) is 0 Å². The summed E-state index contributed by atoms with van der Waals surface area (Å²) in [5.41, 5.74) is 3.33. The molecule has 0 spiro atoms. The van der Waals surface area contributed by atoms with Crippen LogP contribution in [-0.4, -0.2) is 52.4 Å². The van der Waals surface area contributed by atoms with E-state index in [0.717, 1.165) is 55.8 Å². The minimum Gasteiger partial charge on any atom is -0.349 e. The Balaban J connectivity index is 1.66. The standard InChI is InChI=1S/C23H32N4O2/c1-4-9-27-17(2)14-20(18(27)3)15-21(16-24)23(29)26-12-7-19(8-13-26)22(28)25-10-5-6-11-25/h14-15,19H,4-13H2,1-3H3/b21-15-. The number of hydrogen-bond acceptors (Lipinski definition) is 3. The molecule has 0 atom stereocenters. The molecule has 0 aliphatic carbocycles. The Morgan fingerprint density at radius 2 is 1.79 bits per heavy atom. The third-order valence-electron chi connectivity index (χ3n) is 6.26. The van der Waals surface area contributed by atoms with E-state index in [9.17, 15) is 14.9 Å². The molecule has 0 unspecified atom stereocenters. The lowest BCUT2D eigenvalue weighted by molar-refractivity contribution is -0.138. The fourth-order valence-electron chi connectivity index (χ4n) is 4.53. The van der Waals surface area contributed by atoms with Crippen LogP contribution in [0.1, 0.15) is 56.0 Å². The lowest BCUT2D eigenvalue weighted by Crippen LogP contribution is -2.44. The molecule has 2 aliphatic rings. The van der Waals surface area contributed by atoms with E-state index in [0.29, 0.717) is 25.9 Å². The lowest BCUT2D eigenvalue weighted by atomic mass is 9.94. The molecule has 3 heterocycles. The van der Waals surface area contributed by atoms with Crippen molar-refractivity contribution in [3.05, 3.63) is 28.6 Å². The van der Waals surface area contributed by atoms with Gasteiger partial charge in [0.15, 0.2) is 0 Å². The molecule has 156 valence electrons. The second-order valence-corrected chi connectivity index (χ2v) is 8.25. The maximum atomic E-state index is 12.9. The average Bonchev–Trinajstić information content (AvgIpc) is 3.36. The Labute approximate surface area is 173 Å². The van der Waals surface area contributed by atoms with Crippen LogP contribution in [0.15, 0.2) is 11.6 Å². The van der Waals surface area contributed by atoms with Crippen molar-refractivity contribution in [2.24, 2.45) is 5.92 Å². The van der Waals surface area contributed by atoms with Crippen LogP contribution in [0.25, 0.3) is 6.08 Å². The van der Waals surface area contributed by atoms with Gasteiger partial charge in [0, 0.05) is 50.0 Å². The van der Waals surface area contributed by atoms with Gasteiger partial charge in [-0.25, -0.2) is 0 Å². The molecule has 1 aromatic rings. The lowest BCUT2D eigenvalue weighted by Gasteiger charge is -2.33. The zero-order valence-corrected chi connectivity index (χ0v) is 17.9. The molecule has 0 N–H and O–H groups in total. The normalized spacial score (nSPS) is 18.2. The van der Waals surface area contributed by atoms with Crippen LogP contribution in [0.4, 0.5) is 0 Å². The molecule has 2 amide bonds. The summed E-state index contributed by atoms with van der Waals surface area (Å²) in [5.74, 6) is 0.0357. The SMILES string of the molecule is CCCn1c(C)cc(/C=C(/C#N)C(=O)N2CCC(C(=O)N3CCCC3)CC2)c1C. The molecule has 0 saturated carbocycles. The molecular formula is C23H32N4O2. The first-order valence-electron chi connectivity index (χ1n) is 10.8. The van der Waals surface area contributed by atoms with Crippen LogP contribution >= 0.6 is 0 Å². The number of piperidine rings is 1. The molecule has 29 heavy (non-hydrogen) atoms. The van der Waals surface area contributed by atoms with E-state index in [-0.39, 0.29) is 23.3 Å². The summed E-state index contributed by atoms with van der Waals surface area (Å²) in [7, 11) is 0. The Bertz CT molecular complexity index is 832. The highest BCUT2D eigenvalue weighted by Crippen LogP contribution is 2.24. The van der Waals surface area contributed by atoms with Crippen molar-refractivity contribution in [1.82, 2.24) is 14.4 Å². The van der Waals surface area contributed by atoms with Gasteiger partial charge in [0.1, 0.15) is 11.6 Å². The third-order valence-corrected chi connectivity index (χ3v) is 6.26. The summed E-state index contributed by atoms with van der Waals surface area (Å²) in [4.78, 5) is 29.2. The van der Waals surface area contributed by atoms with Crippen LogP contribution < -0.4 is 0 Å². The first-order valence-corrected chi connectivity index (χ1v) is 10.8. The number of rotatable bonds is 5. The van der Waals surface area contributed by atoms with Crippen molar-refractivity contribution < 1.29 is 9.59 Å². The number of carbonyl (C=O) groups is 2. The molecule has 2 saturated heterocycles. The Kier molecular flexibility index (Phi) is 6.79. The molecule has 1 aromatic heterocycles. The minimum absolute atomic E-state index is 0.0136. The maximum Gasteiger partial charge on any atom is 0.264 e. The summed E-state index contributed by atoms with van der Waals surface area (Å²) in [5, 5.41) is 9.61. The molecule has 0 aromatic carbocycles. The van der Waals surface area contributed by atoms with Crippen molar-refractivity contribution in [3.63, 3.8) is 0 Å². The molecule has 0 bridgehead atoms. The van der Waals surface area contributed by atoms with Gasteiger partial charge in [0.2, 0.25) is 5.91 Å². The number of likely N-dealkylation sites (tertiary alicyclic amines) is 2. The van der Waals surface area contributed by atoms with E-state index >= 15 is 0 Å². The quantitative estimate of drug-likeness (QED) is 0.566. The molecule has 6 nitrogen and oxygen atoms in total. The molecule has 2 fully saturated rings. The predicted octanol–water partition coefficient (Wildman–Crippen LogP) is 3.28. The van der Waals surface area contributed by atoms with Crippen molar-refractivity contribution in [2.75, 3.05) is 26.2 Å². The second-order valence-electron chi connectivity index (χ2n) is 8.25. The minimum atomic E-state index is -0.222. The summed E-state index contributed by atoms with van der Waals surface area (Å²) in [6.07, 6.45) is 6.32. The Hall–Kier alpha value is -2.55. The van der Waals surface area contributed by atoms with Gasteiger partial charge in [0.25, 0.3) is 5.91 Å². The monoisotopic (exact) mass is 396 g/mol. The van der Waals surface area contributed by atoms with Gasteiger partial charge in [-0.15, -0.1) is 0 Å². The van der Waals surface area contributed by atoms with Gasteiger partial charge in [-0.2, -0.15) is 5.26 Å². The van der Waals surface area contributed by atoms with Gasteiger partial charge in [0.05, 0.1) is 0 Å². The fraction of sp³-hybridized carbons (Fsp3) is 0.609. The number of aromatic nitrogens is 1. The van der Waals surface area contributed by atoms with Gasteiger partial charge < -0.3 is 14.4 Å². The van der Waals surface area contributed by atoms with Crippen LogP contribution in [0.3, 0.4) is 0 Å². The number of amides is 2. The topological polar surface area (TPSA) is 69.3 Å². The molecule has 2 aliphatic heterocycles. The number of carbonyl (C=O) groups excluding carboxylic acids is 2. The smallest absolute Gasteiger partial charge is 0.264 e. The van der Waals surface area contributed by atoms with Gasteiger partial charge in [-0.3, -0.25) is 9.59 Å². The highest BCUT2D eigenvalue weighted by atomic mass is 16.2. The first kappa shape index (κ1) is 21.2.